The fourth-order valence-electron chi connectivity index (χ4n) is 4.86. The standard InChI is InChI=1S/C18H26ClNO2S/c1-11-9-15(12(2)8-14(11)19)23(21,22)20-16-17(3,4)13-6-7-18(16,5)10-13/h8-9,13,16,20H,6-7,10H2,1-5H3/t13?,16?,18-/m1/s1. The lowest BCUT2D eigenvalue weighted by atomic mass is 9.69. The van der Waals surface area contributed by atoms with Crippen LogP contribution >= 0.6 is 11.6 Å². The van der Waals surface area contributed by atoms with E-state index in [1.165, 1.54) is 6.42 Å². The Morgan fingerprint density at radius 1 is 1.17 bits per heavy atom. The first-order valence-electron chi connectivity index (χ1n) is 8.26. The third-order valence-electron chi connectivity index (χ3n) is 6.29. The predicted molar refractivity (Wildman–Crippen MR) is 94.3 cm³/mol. The quantitative estimate of drug-likeness (QED) is 0.870. The molecule has 2 bridgehead atoms. The molecule has 2 aliphatic carbocycles. The summed E-state index contributed by atoms with van der Waals surface area (Å²) in [6.07, 6.45) is 3.43. The van der Waals surface area contributed by atoms with E-state index in [1.54, 1.807) is 19.1 Å². The van der Waals surface area contributed by atoms with Gasteiger partial charge >= 0.3 is 0 Å². The van der Waals surface area contributed by atoms with E-state index in [1.807, 2.05) is 6.92 Å². The van der Waals surface area contributed by atoms with Crippen molar-refractivity contribution in [3.05, 3.63) is 28.3 Å². The molecule has 3 rings (SSSR count). The van der Waals surface area contributed by atoms with Gasteiger partial charge in [0.1, 0.15) is 0 Å². The summed E-state index contributed by atoms with van der Waals surface area (Å²) < 4.78 is 29.1. The molecule has 128 valence electrons. The van der Waals surface area contributed by atoms with Crippen LogP contribution in [0.5, 0.6) is 0 Å². The van der Waals surface area contributed by atoms with Gasteiger partial charge in [0.25, 0.3) is 0 Å². The molecule has 23 heavy (non-hydrogen) atoms. The topological polar surface area (TPSA) is 46.2 Å². The molecule has 0 radical (unpaired) electrons. The molecule has 3 nitrogen and oxygen atoms in total. The minimum absolute atomic E-state index is 0.00452. The smallest absolute Gasteiger partial charge is 0.207 e. The molecule has 2 saturated carbocycles. The van der Waals surface area contributed by atoms with Crippen LogP contribution in [0.2, 0.25) is 5.02 Å². The minimum atomic E-state index is -3.55. The molecular weight excluding hydrogens is 330 g/mol. The maximum absolute atomic E-state index is 13.0. The molecule has 0 heterocycles. The predicted octanol–water partition coefficient (Wildman–Crippen LogP) is 4.45. The summed E-state index contributed by atoms with van der Waals surface area (Å²) in [5, 5.41) is 0.605. The second-order valence-corrected chi connectivity index (χ2v) is 10.4. The molecule has 0 aliphatic heterocycles. The normalized spacial score (nSPS) is 32.4. The highest BCUT2D eigenvalue weighted by atomic mass is 35.5. The molecule has 0 saturated heterocycles. The Labute approximate surface area is 144 Å². The van der Waals surface area contributed by atoms with Crippen LogP contribution in [0, 0.1) is 30.6 Å². The van der Waals surface area contributed by atoms with E-state index in [4.69, 9.17) is 11.6 Å². The second-order valence-electron chi connectivity index (χ2n) is 8.34. The van der Waals surface area contributed by atoms with Crippen molar-refractivity contribution >= 4 is 21.6 Å². The Morgan fingerprint density at radius 2 is 1.83 bits per heavy atom. The van der Waals surface area contributed by atoms with Gasteiger partial charge in [0, 0.05) is 11.1 Å². The number of sulfonamides is 1. The highest BCUT2D eigenvalue weighted by Gasteiger charge is 2.60. The molecular formula is C18H26ClNO2S. The fourth-order valence-corrected chi connectivity index (χ4v) is 6.92. The number of benzene rings is 1. The van der Waals surface area contributed by atoms with Crippen molar-refractivity contribution in [2.24, 2.45) is 16.7 Å². The van der Waals surface area contributed by atoms with Crippen LogP contribution in [0.1, 0.15) is 51.2 Å². The van der Waals surface area contributed by atoms with Crippen molar-refractivity contribution in [3.63, 3.8) is 0 Å². The lowest BCUT2D eigenvalue weighted by Gasteiger charge is -2.42. The van der Waals surface area contributed by atoms with Gasteiger partial charge in [-0.1, -0.05) is 32.4 Å². The van der Waals surface area contributed by atoms with Gasteiger partial charge in [-0.3, -0.25) is 0 Å². The summed E-state index contributed by atoms with van der Waals surface area (Å²) in [6, 6.07) is 3.40. The zero-order valence-corrected chi connectivity index (χ0v) is 16.1. The summed E-state index contributed by atoms with van der Waals surface area (Å²) in [5.74, 6) is 0.605. The summed E-state index contributed by atoms with van der Waals surface area (Å²) in [7, 11) is -3.55. The van der Waals surface area contributed by atoms with Crippen LogP contribution in [-0.4, -0.2) is 14.5 Å². The van der Waals surface area contributed by atoms with Crippen molar-refractivity contribution in [2.75, 3.05) is 0 Å². The first kappa shape index (κ1) is 17.2. The maximum atomic E-state index is 13.0. The number of rotatable bonds is 3. The van der Waals surface area contributed by atoms with E-state index in [9.17, 15) is 8.42 Å². The molecule has 1 aromatic carbocycles. The van der Waals surface area contributed by atoms with E-state index < -0.39 is 10.0 Å². The van der Waals surface area contributed by atoms with E-state index in [-0.39, 0.29) is 16.9 Å². The Kier molecular flexibility index (Phi) is 3.90. The van der Waals surface area contributed by atoms with E-state index in [0.29, 0.717) is 21.4 Å². The summed E-state index contributed by atoms with van der Waals surface area (Å²) >= 11 is 6.11. The molecule has 2 unspecified atom stereocenters. The van der Waals surface area contributed by atoms with Gasteiger partial charge in [-0.25, -0.2) is 13.1 Å². The SMILES string of the molecule is Cc1cc(S(=O)(=O)NC2C(C)(C)C3CC[C@]2(C)C3)c(C)cc1Cl. The second kappa shape index (κ2) is 5.21. The highest BCUT2D eigenvalue weighted by Crippen LogP contribution is 2.62. The molecule has 3 atom stereocenters. The van der Waals surface area contributed by atoms with Gasteiger partial charge < -0.3 is 0 Å². The minimum Gasteiger partial charge on any atom is -0.207 e. The molecule has 1 N–H and O–H groups in total. The van der Waals surface area contributed by atoms with Gasteiger partial charge in [0.15, 0.2) is 0 Å². The third-order valence-corrected chi connectivity index (χ3v) is 8.26. The average Bonchev–Trinajstić information content (AvgIpc) is 2.90. The van der Waals surface area contributed by atoms with Gasteiger partial charge in [0.2, 0.25) is 10.0 Å². The lowest BCUT2D eigenvalue weighted by Crippen LogP contribution is -2.52. The Hall–Kier alpha value is -0.580. The summed E-state index contributed by atoms with van der Waals surface area (Å²) in [4.78, 5) is 0.349. The lowest BCUT2D eigenvalue weighted by molar-refractivity contribution is 0.127. The summed E-state index contributed by atoms with van der Waals surface area (Å²) in [6.45, 7) is 10.3. The van der Waals surface area contributed by atoms with E-state index in [0.717, 1.165) is 18.4 Å². The van der Waals surface area contributed by atoms with Crippen LogP contribution in [0.25, 0.3) is 0 Å². The number of aryl methyl sites for hydroxylation is 2. The van der Waals surface area contributed by atoms with Gasteiger partial charge in [-0.15, -0.1) is 0 Å². The maximum Gasteiger partial charge on any atom is 0.241 e. The first-order chi connectivity index (χ1) is 10.5. The van der Waals surface area contributed by atoms with Crippen LogP contribution in [0.4, 0.5) is 0 Å². The van der Waals surface area contributed by atoms with Crippen LogP contribution < -0.4 is 4.72 Å². The number of hydrogen-bond donors (Lipinski definition) is 1. The fraction of sp³-hybridized carbons (Fsp3) is 0.667. The monoisotopic (exact) mass is 355 g/mol. The Morgan fingerprint density at radius 3 is 2.39 bits per heavy atom. The summed E-state index contributed by atoms with van der Waals surface area (Å²) in [5.41, 5.74) is 1.54. The number of hydrogen-bond acceptors (Lipinski definition) is 2. The molecule has 0 spiro atoms. The number of fused-ring (bicyclic) bond motifs is 2. The van der Waals surface area contributed by atoms with Gasteiger partial charge in [-0.2, -0.15) is 0 Å². The third kappa shape index (κ3) is 2.63. The van der Waals surface area contributed by atoms with Crippen molar-refractivity contribution in [2.45, 2.75) is 64.8 Å². The molecule has 2 aliphatic rings. The van der Waals surface area contributed by atoms with Crippen molar-refractivity contribution < 1.29 is 8.42 Å². The zero-order chi connectivity index (χ0) is 17.2. The number of nitrogens with one attached hydrogen (secondary N) is 1. The van der Waals surface area contributed by atoms with Crippen LogP contribution in [0.3, 0.4) is 0 Å². The van der Waals surface area contributed by atoms with Gasteiger partial charge in [-0.05, 0) is 73.1 Å². The molecule has 5 heteroatoms. The largest absolute Gasteiger partial charge is 0.241 e. The van der Waals surface area contributed by atoms with Crippen molar-refractivity contribution in [1.82, 2.24) is 4.72 Å². The molecule has 0 aromatic heterocycles. The van der Waals surface area contributed by atoms with Crippen LogP contribution in [0.15, 0.2) is 17.0 Å². The molecule has 2 fully saturated rings. The van der Waals surface area contributed by atoms with Crippen molar-refractivity contribution in [3.8, 4) is 0 Å². The van der Waals surface area contributed by atoms with E-state index in [2.05, 4.69) is 25.5 Å². The van der Waals surface area contributed by atoms with Crippen molar-refractivity contribution in [1.29, 1.82) is 0 Å². The average molecular weight is 356 g/mol. The Balaban J connectivity index is 1.98. The molecule has 1 aromatic rings. The van der Waals surface area contributed by atoms with Crippen LogP contribution in [-0.2, 0) is 10.0 Å². The first-order valence-corrected chi connectivity index (χ1v) is 10.1. The van der Waals surface area contributed by atoms with E-state index >= 15 is 0 Å². The molecule has 0 amide bonds. The highest BCUT2D eigenvalue weighted by molar-refractivity contribution is 7.89. The number of halogens is 1. The Bertz CT molecular complexity index is 752. The van der Waals surface area contributed by atoms with Gasteiger partial charge in [0.05, 0.1) is 4.90 Å². The zero-order valence-electron chi connectivity index (χ0n) is 14.5.